The molecule has 7 heteroatoms. The third kappa shape index (κ3) is 6.37. The van der Waals surface area contributed by atoms with Crippen LogP contribution in [0, 0.1) is 5.92 Å². The first-order valence-corrected chi connectivity index (χ1v) is 12.1. The van der Waals surface area contributed by atoms with Crippen molar-refractivity contribution < 1.29 is 19.1 Å². The predicted molar refractivity (Wildman–Crippen MR) is 125 cm³/mol. The molecule has 0 unspecified atom stereocenters. The van der Waals surface area contributed by atoms with Gasteiger partial charge in [-0.25, -0.2) is 0 Å². The van der Waals surface area contributed by atoms with Gasteiger partial charge in [0.2, 0.25) is 11.8 Å². The van der Waals surface area contributed by atoms with Gasteiger partial charge in [0.25, 0.3) is 0 Å². The van der Waals surface area contributed by atoms with E-state index in [1.54, 1.807) is 14.2 Å². The largest absolute Gasteiger partial charge is 0.493 e. The van der Waals surface area contributed by atoms with Gasteiger partial charge in [-0.05, 0) is 69.3 Å². The molecule has 2 amide bonds. The number of ether oxygens (including phenoxy) is 2. The summed E-state index contributed by atoms with van der Waals surface area (Å²) in [5.41, 5.74) is 1.11. The number of hydrogen-bond donors (Lipinski definition) is 1. The third-order valence-electron chi connectivity index (χ3n) is 6.86. The number of rotatable bonds is 9. The molecule has 1 aromatic carbocycles. The second-order valence-electron chi connectivity index (χ2n) is 8.90. The summed E-state index contributed by atoms with van der Waals surface area (Å²) in [6.45, 7) is 6.38. The molecule has 7 nitrogen and oxygen atoms in total. The highest BCUT2D eigenvalue weighted by Crippen LogP contribution is 2.28. The Kier molecular flexibility index (Phi) is 9.21. The number of amides is 2. The summed E-state index contributed by atoms with van der Waals surface area (Å²) in [5, 5.41) is 3.12. The molecular weight excluding hydrogens is 406 g/mol. The molecule has 0 spiro atoms. The van der Waals surface area contributed by atoms with Crippen molar-refractivity contribution in [3.05, 3.63) is 23.8 Å². The average Bonchev–Trinajstić information content (AvgIpc) is 2.84. The minimum atomic E-state index is 0.0999. The van der Waals surface area contributed by atoms with Crippen LogP contribution in [0.2, 0.25) is 0 Å². The Morgan fingerprint density at radius 2 is 1.69 bits per heavy atom. The van der Waals surface area contributed by atoms with Gasteiger partial charge in [-0.2, -0.15) is 0 Å². The summed E-state index contributed by atoms with van der Waals surface area (Å²) in [6, 6.07) is 6.42. The van der Waals surface area contributed by atoms with Crippen LogP contribution in [-0.2, 0) is 16.0 Å². The summed E-state index contributed by atoms with van der Waals surface area (Å²) in [4.78, 5) is 29.3. The topological polar surface area (TPSA) is 71.1 Å². The first kappa shape index (κ1) is 24.4. The van der Waals surface area contributed by atoms with Gasteiger partial charge in [-0.3, -0.25) is 9.59 Å². The predicted octanol–water partition coefficient (Wildman–Crippen LogP) is 2.87. The normalized spacial score (nSPS) is 18.4. The minimum absolute atomic E-state index is 0.0999. The summed E-state index contributed by atoms with van der Waals surface area (Å²) < 4.78 is 10.6. The Morgan fingerprint density at radius 3 is 2.31 bits per heavy atom. The maximum atomic E-state index is 12.7. The molecule has 178 valence electrons. The molecule has 0 bridgehead atoms. The van der Waals surface area contributed by atoms with Crippen LogP contribution in [0.4, 0.5) is 0 Å². The highest BCUT2D eigenvalue weighted by atomic mass is 16.5. The van der Waals surface area contributed by atoms with Crippen LogP contribution in [0.1, 0.15) is 51.0 Å². The maximum Gasteiger partial charge on any atom is 0.223 e. The molecule has 0 saturated carbocycles. The van der Waals surface area contributed by atoms with E-state index in [4.69, 9.17) is 9.47 Å². The van der Waals surface area contributed by atoms with Gasteiger partial charge in [0.15, 0.2) is 11.5 Å². The first-order valence-electron chi connectivity index (χ1n) is 12.1. The number of hydrogen-bond acceptors (Lipinski definition) is 5. The summed E-state index contributed by atoms with van der Waals surface area (Å²) >= 11 is 0. The van der Waals surface area contributed by atoms with Gasteiger partial charge in [0, 0.05) is 38.0 Å². The van der Waals surface area contributed by atoms with E-state index in [1.165, 1.54) is 0 Å². The van der Waals surface area contributed by atoms with Crippen molar-refractivity contribution in [3.63, 3.8) is 0 Å². The molecule has 1 N–H and O–H groups in total. The standard InChI is InChI=1S/C25H39N3O4/c1-4-5-24(29)28-16-11-21(12-17-28)27-14-9-20(10-15-27)25(30)26-13-8-19-6-7-22(31-2)23(18-19)32-3/h6-7,18,20-21H,4-5,8-17H2,1-3H3,(H,26,30). The van der Waals surface area contributed by atoms with E-state index in [1.807, 2.05) is 23.1 Å². The fourth-order valence-corrected chi connectivity index (χ4v) is 4.89. The lowest BCUT2D eigenvalue weighted by molar-refractivity contribution is -0.133. The van der Waals surface area contributed by atoms with Crippen LogP contribution in [0.25, 0.3) is 0 Å². The minimum Gasteiger partial charge on any atom is -0.493 e. The highest BCUT2D eigenvalue weighted by molar-refractivity contribution is 5.78. The van der Waals surface area contributed by atoms with Crippen molar-refractivity contribution in [2.24, 2.45) is 5.92 Å². The second kappa shape index (κ2) is 12.1. The quantitative estimate of drug-likeness (QED) is 0.633. The summed E-state index contributed by atoms with van der Waals surface area (Å²) in [6.07, 6.45) is 6.28. The number of methoxy groups -OCH3 is 2. The van der Waals surface area contributed by atoms with Crippen molar-refractivity contribution in [1.82, 2.24) is 15.1 Å². The number of carbonyl (C=O) groups is 2. The summed E-state index contributed by atoms with van der Waals surface area (Å²) in [7, 11) is 3.26. The number of piperidine rings is 2. The van der Waals surface area contributed by atoms with Crippen molar-refractivity contribution in [2.45, 2.75) is 57.9 Å². The Bertz CT molecular complexity index is 754. The number of carbonyl (C=O) groups excluding carboxylic acids is 2. The first-order chi connectivity index (χ1) is 15.5. The van der Waals surface area contributed by atoms with Gasteiger partial charge < -0.3 is 24.6 Å². The molecule has 2 aliphatic rings. The molecule has 2 aliphatic heterocycles. The van der Waals surface area contributed by atoms with Gasteiger partial charge >= 0.3 is 0 Å². The zero-order chi connectivity index (χ0) is 22.9. The van der Waals surface area contributed by atoms with Crippen molar-refractivity contribution in [1.29, 1.82) is 0 Å². The Balaban J connectivity index is 1.36. The van der Waals surface area contributed by atoms with Crippen LogP contribution in [0.3, 0.4) is 0 Å². The van der Waals surface area contributed by atoms with Gasteiger partial charge in [-0.15, -0.1) is 0 Å². The number of nitrogens with zero attached hydrogens (tertiary/aromatic N) is 2. The molecule has 2 heterocycles. The van der Waals surface area contributed by atoms with Crippen LogP contribution in [0.5, 0.6) is 11.5 Å². The van der Waals surface area contributed by atoms with E-state index >= 15 is 0 Å². The zero-order valence-electron chi connectivity index (χ0n) is 19.9. The Labute approximate surface area is 192 Å². The lowest BCUT2D eigenvalue weighted by Gasteiger charge is -2.41. The molecule has 0 atom stereocenters. The van der Waals surface area contributed by atoms with Crippen molar-refractivity contribution >= 4 is 11.8 Å². The van der Waals surface area contributed by atoms with E-state index in [2.05, 4.69) is 17.1 Å². The van der Waals surface area contributed by atoms with Gasteiger partial charge in [-0.1, -0.05) is 13.0 Å². The van der Waals surface area contributed by atoms with E-state index < -0.39 is 0 Å². The van der Waals surface area contributed by atoms with Gasteiger partial charge in [0.05, 0.1) is 14.2 Å². The SMILES string of the molecule is CCCC(=O)N1CCC(N2CCC(C(=O)NCCc3ccc(OC)c(OC)c3)CC2)CC1. The van der Waals surface area contributed by atoms with Crippen LogP contribution < -0.4 is 14.8 Å². The Morgan fingerprint density at radius 1 is 1.00 bits per heavy atom. The Hall–Kier alpha value is -2.28. The van der Waals surface area contributed by atoms with E-state index in [0.29, 0.717) is 36.4 Å². The van der Waals surface area contributed by atoms with Crippen LogP contribution >= 0.6 is 0 Å². The second-order valence-corrected chi connectivity index (χ2v) is 8.90. The van der Waals surface area contributed by atoms with Crippen LogP contribution in [0.15, 0.2) is 18.2 Å². The fourth-order valence-electron chi connectivity index (χ4n) is 4.89. The molecule has 2 saturated heterocycles. The highest BCUT2D eigenvalue weighted by Gasteiger charge is 2.31. The maximum absolute atomic E-state index is 12.7. The molecule has 2 fully saturated rings. The van der Waals surface area contributed by atoms with E-state index in [-0.39, 0.29) is 11.8 Å². The zero-order valence-corrected chi connectivity index (χ0v) is 19.9. The summed E-state index contributed by atoms with van der Waals surface area (Å²) in [5.74, 6) is 2.00. The molecule has 0 radical (unpaired) electrons. The molecule has 3 rings (SSSR count). The molecule has 0 aromatic heterocycles. The monoisotopic (exact) mass is 445 g/mol. The van der Waals surface area contributed by atoms with Crippen LogP contribution in [-0.4, -0.2) is 74.6 Å². The number of benzene rings is 1. The molecule has 0 aliphatic carbocycles. The van der Waals surface area contributed by atoms with Crippen molar-refractivity contribution in [2.75, 3.05) is 46.9 Å². The van der Waals surface area contributed by atoms with Gasteiger partial charge in [0.1, 0.15) is 0 Å². The molecule has 32 heavy (non-hydrogen) atoms. The van der Waals surface area contributed by atoms with E-state index in [0.717, 1.165) is 70.3 Å². The van der Waals surface area contributed by atoms with E-state index in [9.17, 15) is 9.59 Å². The smallest absolute Gasteiger partial charge is 0.223 e. The average molecular weight is 446 g/mol. The molecular formula is C25H39N3O4. The molecule has 1 aromatic rings. The number of nitrogens with one attached hydrogen (secondary N) is 1. The number of likely N-dealkylation sites (tertiary alicyclic amines) is 2. The fraction of sp³-hybridized carbons (Fsp3) is 0.680. The lowest BCUT2D eigenvalue weighted by atomic mass is 9.92. The lowest BCUT2D eigenvalue weighted by Crippen LogP contribution is -2.50. The third-order valence-corrected chi connectivity index (χ3v) is 6.86. The van der Waals surface area contributed by atoms with Crippen molar-refractivity contribution in [3.8, 4) is 11.5 Å².